The molecule has 0 aliphatic carbocycles. The molecule has 3 rings (SSSR count). The summed E-state index contributed by atoms with van der Waals surface area (Å²) in [7, 11) is 3.29. The van der Waals surface area contributed by atoms with Crippen LogP contribution in [-0.2, 0) is 4.79 Å². The fourth-order valence-corrected chi connectivity index (χ4v) is 3.79. The number of halogens is 1. The number of rotatable bonds is 4. The van der Waals surface area contributed by atoms with E-state index in [0.29, 0.717) is 19.5 Å². The smallest absolute Gasteiger partial charge is 0.240 e. The zero-order valence-corrected chi connectivity index (χ0v) is 15.3. The Kier molecular flexibility index (Phi) is 6.51. The molecule has 1 N–H and O–H groups in total. The molecule has 0 aromatic heterocycles. The summed E-state index contributed by atoms with van der Waals surface area (Å²) in [6.45, 7) is 1.37. The molecule has 1 amide bonds. The number of hydrogen-bond donors (Lipinski definition) is 1. The lowest BCUT2D eigenvalue weighted by Gasteiger charge is -2.23. The molecule has 0 radical (unpaired) electrons. The number of amides is 1. The van der Waals surface area contributed by atoms with E-state index in [4.69, 9.17) is 9.47 Å². The largest absolute Gasteiger partial charge is 0.496 e. The molecule has 2 aliphatic rings. The maximum atomic E-state index is 12.8. The van der Waals surface area contributed by atoms with Gasteiger partial charge in [-0.15, -0.1) is 12.4 Å². The van der Waals surface area contributed by atoms with Crippen molar-refractivity contribution in [3.05, 3.63) is 23.8 Å². The molecule has 0 unspecified atom stereocenters. The van der Waals surface area contributed by atoms with E-state index < -0.39 is 0 Å². The van der Waals surface area contributed by atoms with Crippen LogP contribution in [0.25, 0.3) is 0 Å². The molecule has 7 heteroatoms. The lowest BCUT2D eigenvalue weighted by molar-refractivity contribution is -0.133. The number of nitrogens with zero attached hydrogens (tertiary/aromatic N) is 2. The van der Waals surface area contributed by atoms with Gasteiger partial charge in [-0.25, -0.2) is 0 Å². The van der Waals surface area contributed by atoms with Gasteiger partial charge in [0.1, 0.15) is 17.5 Å². The third-order valence-corrected chi connectivity index (χ3v) is 4.99. The Balaban J connectivity index is 0.00000225. The predicted molar refractivity (Wildman–Crippen MR) is 96.3 cm³/mol. The van der Waals surface area contributed by atoms with Gasteiger partial charge in [-0.2, -0.15) is 5.26 Å². The second kappa shape index (κ2) is 8.41. The van der Waals surface area contributed by atoms with Gasteiger partial charge in [0.25, 0.3) is 0 Å². The highest BCUT2D eigenvalue weighted by Crippen LogP contribution is 2.39. The first kappa shape index (κ1) is 19.4. The van der Waals surface area contributed by atoms with Crippen LogP contribution in [0.1, 0.15) is 30.7 Å². The van der Waals surface area contributed by atoms with Crippen LogP contribution in [0.5, 0.6) is 11.5 Å². The molecular weight excluding hydrogens is 342 g/mol. The Morgan fingerprint density at radius 3 is 2.60 bits per heavy atom. The summed E-state index contributed by atoms with van der Waals surface area (Å²) in [4.78, 5) is 14.5. The van der Waals surface area contributed by atoms with E-state index in [9.17, 15) is 10.1 Å². The molecule has 0 spiro atoms. The van der Waals surface area contributed by atoms with Crippen molar-refractivity contribution >= 4 is 18.3 Å². The van der Waals surface area contributed by atoms with Crippen molar-refractivity contribution in [3.63, 3.8) is 0 Å². The summed E-state index contributed by atoms with van der Waals surface area (Å²) >= 11 is 0. The number of hydrogen-bond acceptors (Lipinski definition) is 5. The lowest BCUT2D eigenvalue weighted by atomic mass is 9.94. The summed E-state index contributed by atoms with van der Waals surface area (Å²) in [6.07, 6.45) is 2.36. The number of carbonyl (C=O) groups is 1. The monoisotopic (exact) mass is 365 g/mol. The topological polar surface area (TPSA) is 74.6 Å². The minimum absolute atomic E-state index is 0. The first-order valence-electron chi connectivity index (χ1n) is 8.34. The molecule has 0 bridgehead atoms. The maximum Gasteiger partial charge on any atom is 0.240 e. The van der Waals surface area contributed by atoms with E-state index in [1.807, 2.05) is 18.2 Å². The van der Waals surface area contributed by atoms with Crippen LogP contribution in [0.15, 0.2) is 18.2 Å². The number of ether oxygens (including phenoxy) is 2. The predicted octanol–water partition coefficient (Wildman–Crippen LogP) is 2.09. The molecule has 136 valence electrons. The summed E-state index contributed by atoms with van der Waals surface area (Å²) in [5.41, 5.74) is 1.00. The van der Waals surface area contributed by atoms with Crippen LogP contribution in [0.4, 0.5) is 0 Å². The maximum absolute atomic E-state index is 12.8. The molecule has 6 nitrogen and oxygen atoms in total. The normalized spacial score (nSPS) is 25.2. The minimum Gasteiger partial charge on any atom is -0.496 e. The van der Waals surface area contributed by atoms with Gasteiger partial charge < -0.3 is 19.7 Å². The molecule has 3 atom stereocenters. The van der Waals surface area contributed by atoms with Crippen molar-refractivity contribution in [3.8, 4) is 17.6 Å². The number of methoxy groups -OCH3 is 2. The van der Waals surface area contributed by atoms with E-state index in [1.165, 1.54) is 0 Å². The van der Waals surface area contributed by atoms with Crippen LogP contribution < -0.4 is 14.8 Å². The summed E-state index contributed by atoms with van der Waals surface area (Å²) in [5.74, 6) is 1.75. The number of benzene rings is 1. The highest BCUT2D eigenvalue weighted by molar-refractivity contribution is 5.85. The molecule has 2 heterocycles. The summed E-state index contributed by atoms with van der Waals surface area (Å²) in [6, 6.07) is 7.43. The first-order valence-corrected chi connectivity index (χ1v) is 8.34. The third-order valence-electron chi connectivity index (χ3n) is 4.99. The summed E-state index contributed by atoms with van der Waals surface area (Å²) in [5, 5.41) is 12.5. The molecule has 0 saturated carbocycles. The highest BCUT2D eigenvalue weighted by atomic mass is 35.5. The molecule has 2 saturated heterocycles. The van der Waals surface area contributed by atoms with Crippen molar-refractivity contribution in [2.45, 2.75) is 37.3 Å². The zero-order chi connectivity index (χ0) is 17.1. The molecule has 1 aromatic carbocycles. The van der Waals surface area contributed by atoms with E-state index in [0.717, 1.165) is 29.9 Å². The lowest BCUT2D eigenvalue weighted by Crippen LogP contribution is -2.45. The van der Waals surface area contributed by atoms with Crippen LogP contribution in [0.2, 0.25) is 0 Å². The Bertz CT molecular complexity index is 639. The average Bonchev–Trinajstić information content (AvgIpc) is 3.29. The van der Waals surface area contributed by atoms with E-state index in [-0.39, 0.29) is 36.3 Å². The molecule has 1 aromatic rings. The first-order chi connectivity index (χ1) is 11.7. The Hall–Kier alpha value is -1.97. The SMILES string of the molecule is COc1cccc(OC)c1[C@@H]1CN[C@H](C(=O)N2CCC[C@H]2C#N)C1.Cl. The molecule has 25 heavy (non-hydrogen) atoms. The van der Waals surface area contributed by atoms with E-state index >= 15 is 0 Å². The zero-order valence-electron chi connectivity index (χ0n) is 14.5. The van der Waals surface area contributed by atoms with E-state index in [1.54, 1.807) is 19.1 Å². The van der Waals surface area contributed by atoms with Crippen LogP contribution >= 0.6 is 12.4 Å². The van der Waals surface area contributed by atoms with Gasteiger partial charge in [0.15, 0.2) is 0 Å². The van der Waals surface area contributed by atoms with Crippen molar-refractivity contribution in [1.29, 1.82) is 5.26 Å². The van der Waals surface area contributed by atoms with Crippen LogP contribution in [-0.4, -0.2) is 50.2 Å². The van der Waals surface area contributed by atoms with Gasteiger partial charge in [0.05, 0.1) is 26.3 Å². The number of carbonyl (C=O) groups excluding carboxylic acids is 1. The standard InChI is InChI=1S/C18H23N3O3.ClH/c1-23-15-6-3-7-16(24-2)17(15)12-9-14(20-11-12)18(22)21-8-4-5-13(21)10-19;/h3,6-7,12-14,20H,4-5,8-9,11H2,1-2H3;1H/t12-,13-,14-;/m0./s1. The van der Waals surface area contributed by atoms with Gasteiger partial charge in [-0.05, 0) is 31.4 Å². The quantitative estimate of drug-likeness (QED) is 0.884. The van der Waals surface area contributed by atoms with Crippen molar-refractivity contribution in [2.24, 2.45) is 0 Å². The van der Waals surface area contributed by atoms with Crippen LogP contribution in [0.3, 0.4) is 0 Å². The number of nitrogens with one attached hydrogen (secondary N) is 1. The highest BCUT2D eigenvalue weighted by Gasteiger charge is 2.38. The molecule has 2 aliphatic heterocycles. The van der Waals surface area contributed by atoms with Gasteiger partial charge >= 0.3 is 0 Å². The second-order valence-corrected chi connectivity index (χ2v) is 6.29. The van der Waals surface area contributed by atoms with Crippen molar-refractivity contribution in [1.82, 2.24) is 10.2 Å². The molecule has 2 fully saturated rings. The van der Waals surface area contributed by atoms with Gasteiger partial charge in [-0.1, -0.05) is 6.07 Å². The second-order valence-electron chi connectivity index (χ2n) is 6.29. The van der Waals surface area contributed by atoms with Gasteiger partial charge in [-0.3, -0.25) is 4.79 Å². The van der Waals surface area contributed by atoms with Gasteiger partial charge in [0, 0.05) is 24.6 Å². The number of nitriles is 1. The molecular formula is C18H24ClN3O3. The Morgan fingerprint density at radius 2 is 2.00 bits per heavy atom. The van der Waals surface area contributed by atoms with Crippen LogP contribution in [0, 0.1) is 11.3 Å². The third kappa shape index (κ3) is 3.68. The van der Waals surface area contributed by atoms with Crippen molar-refractivity contribution in [2.75, 3.05) is 27.3 Å². The Morgan fingerprint density at radius 1 is 1.32 bits per heavy atom. The fraction of sp³-hybridized carbons (Fsp3) is 0.556. The average molecular weight is 366 g/mol. The Labute approximate surface area is 154 Å². The number of likely N-dealkylation sites (tertiary alicyclic amines) is 1. The fourth-order valence-electron chi connectivity index (χ4n) is 3.79. The minimum atomic E-state index is -0.279. The van der Waals surface area contributed by atoms with E-state index in [2.05, 4.69) is 11.4 Å². The van der Waals surface area contributed by atoms with Crippen molar-refractivity contribution < 1.29 is 14.3 Å². The van der Waals surface area contributed by atoms with Gasteiger partial charge in [0.2, 0.25) is 5.91 Å². The summed E-state index contributed by atoms with van der Waals surface area (Å²) < 4.78 is 11.0.